The second-order valence-electron chi connectivity index (χ2n) is 4.03. The molecule has 2 heterocycles. The standard InChI is InChI=1S/C13H18N4O/c1-3-14-8-11-4-5-13(9-15-11)18-10-12-6-7-17(2)16-12/h4-7,9,14H,3,8,10H2,1-2H3. The van der Waals surface area contributed by atoms with E-state index in [4.69, 9.17) is 4.74 Å². The molecule has 96 valence electrons. The fraction of sp³-hybridized carbons (Fsp3) is 0.385. The van der Waals surface area contributed by atoms with Gasteiger partial charge >= 0.3 is 0 Å². The van der Waals surface area contributed by atoms with Crippen LogP contribution in [-0.2, 0) is 20.2 Å². The first-order chi connectivity index (χ1) is 8.78. The van der Waals surface area contributed by atoms with Gasteiger partial charge in [0.05, 0.1) is 17.6 Å². The van der Waals surface area contributed by atoms with Gasteiger partial charge in [0, 0.05) is 19.8 Å². The number of pyridine rings is 1. The summed E-state index contributed by atoms with van der Waals surface area (Å²) in [7, 11) is 1.89. The van der Waals surface area contributed by atoms with Crippen LogP contribution >= 0.6 is 0 Å². The van der Waals surface area contributed by atoms with E-state index in [2.05, 4.69) is 22.3 Å². The molecular weight excluding hydrogens is 228 g/mol. The summed E-state index contributed by atoms with van der Waals surface area (Å²) < 4.78 is 7.37. The number of nitrogens with zero attached hydrogens (tertiary/aromatic N) is 3. The Bertz CT molecular complexity index is 478. The van der Waals surface area contributed by atoms with Crippen molar-refractivity contribution in [1.82, 2.24) is 20.1 Å². The van der Waals surface area contributed by atoms with Gasteiger partial charge in [-0.1, -0.05) is 6.92 Å². The smallest absolute Gasteiger partial charge is 0.138 e. The molecule has 18 heavy (non-hydrogen) atoms. The molecule has 0 aliphatic carbocycles. The van der Waals surface area contributed by atoms with Crippen LogP contribution in [0.15, 0.2) is 30.6 Å². The Hall–Kier alpha value is -1.88. The Balaban J connectivity index is 1.86. The topological polar surface area (TPSA) is 52.0 Å². The first-order valence-electron chi connectivity index (χ1n) is 6.05. The zero-order valence-electron chi connectivity index (χ0n) is 10.8. The van der Waals surface area contributed by atoms with Gasteiger partial charge in [0.1, 0.15) is 12.4 Å². The summed E-state index contributed by atoms with van der Waals surface area (Å²) in [5.74, 6) is 0.765. The highest BCUT2D eigenvalue weighted by molar-refractivity contribution is 5.20. The Morgan fingerprint density at radius 1 is 1.28 bits per heavy atom. The quantitative estimate of drug-likeness (QED) is 0.839. The largest absolute Gasteiger partial charge is 0.486 e. The summed E-state index contributed by atoms with van der Waals surface area (Å²) in [5.41, 5.74) is 1.93. The average molecular weight is 246 g/mol. The molecule has 0 saturated heterocycles. The molecule has 0 amide bonds. The lowest BCUT2D eigenvalue weighted by Gasteiger charge is -2.05. The molecule has 0 radical (unpaired) electrons. The number of ether oxygens (including phenoxy) is 1. The molecular formula is C13H18N4O. The van der Waals surface area contributed by atoms with E-state index in [1.165, 1.54) is 0 Å². The van der Waals surface area contributed by atoms with Gasteiger partial charge in [-0.15, -0.1) is 0 Å². The monoisotopic (exact) mass is 246 g/mol. The Labute approximate surface area is 107 Å². The highest BCUT2D eigenvalue weighted by Gasteiger charge is 2.00. The zero-order valence-corrected chi connectivity index (χ0v) is 10.8. The zero-order chi connectivity index (χ0) is 12.8. The van der Waals surface area contributed by atoms with E-state index in [9.17, 15) is 0 Å². The summed E-state index contributed by atoms with van der Waals surface area (Å²) >= 11 is 0. The summed E-state index contributed by atoms with van der Waals surface area (Å²) in [4.78, 5) is 4.32. The van der Waals surface area contributed by atoms with Crippen LogP contribution in [0.2, 0.25) is 0 Å². The van der Waals surface area contributed by atoms with Crippen molar-refractivity contribution in [3.8, 4) is 5.75 Å². The fourth-order valence-corrected chi connectivity index (χ4v) is 1.55. The third-order valence-electron chi connectivity index (χ3n) is 2.51. The van der Waals surface area contributed by atoms with Crippen LogP contribution in [0.1, 0.15) is 18.3 Å². The van der Waals surface area contributed by atoms with Gasteiger partial charge in [-0.25, -0.2) is 0 Å². The number of hydrogen-bond acceptors (Lipinski definition) is 4. The van der Waals surface area contributed by atoms with E-state index in [0.717, 1.165) is 30.2 Å². The predicted octanol–water partition coefficient (Wildman–Crippen LogP) is 1.50. The van der Waals surface area contributed by atoms with E-state index in [-0.39, 0.29) is 0 Å². The summed E-state index contributed by atoms with van der Waals surface area (Å²) in [6.07, 6.45) is 3.64. The van der Waals surface area contributed by atoms with Crippen LogP contribution in [0.3, 0.4) is 0 Å². The number of hydrogen-bond donors (Lipinski definition) is 1. The minimum atomic E-state index is 0.467. The molecule has 0 aliphatic rings. The van der Waals surface area contributed by atoms with Crippen molar-refractivity contribution >= 4 is 0 Å². The first-order valence-corrected chi connectivity index (χ1v) is 6.05. The van der Waals surface area contributed by atoms with Crippen molar-refractivity contribution in [2.45, 2.75) is 20.1 Å². The van der Waals surface area contributed by atoms with Crippen LogP contribution in [-0.4, -0.2) is 21.3 Å². The molecule has 0 saturated carbocycles. The van der Waals surface area contributed by atoms with Gasteiger partial charge in [-0.2, -0.15) is 5.10 Å². The lowest BCUT2D eigenvalue weighted by Crippen LogP contribution is -2.12. The summed E-state index contributed by atoms with van der Waals surface area (Å²) in [6, 6.07) is 5.84. The third-order valence-corrected chi connectivity index (χ3v) is 2.51. The molecule has 0 atom stereocenters. The van der Waals surface area contributed by atoms with Crippen LogP contribution in [0, 0.1) is 0 Å². The van der Waals surface area contributed by atoms with Crippen molar-refractivity contribution in [2.75, 3.05) is 6.54 Å². The van der Waals surface area contributed by atoms with Crippen molar-refractivity contribution in [1.29, 1.82) is 0 Å². The van der Waals surface area contributed by atoms with Crippen LogP contribution in [0.25, 0.3) is 0 Å². The first kappa shape index (κ1) is 12.6. The maximum atomic E-state index is 5.61. The molecule has 2 rings (SSSR count). The lowest BCUT2D eigenvalue weighted by molar-refractivity contribution is 0.298. The van der Waals surface area contributed by atoms with Crippen LogP contribution in [0.4, 0.5) is 0 Å². The fourth-order valence-electron chi connectivity index (χ4n) is 1.55. The van der Waals surface area contributed by atoms with Gasteiger partial charge < -0.3 is 10.1 Å². The van der Waals surface area contributed by atoms with Crippen LogP contribution in [0.5, 0.6) is 5.75 Å². The number of aromatic nitrogens is 3. The Kier molecular flexibility index (Phi) is 4.30. The molecule has 2 aromatic rings. The minimum Gasteiger partial charge on any atom is -0.486 e. The van der Waals surface area contributed by atoms with Gasteiger partial charge in [-0.05, 0) is 24.7 Å². The SMILES string of the molecule is CCNCc1ccc(OCc2ccn(C)n2)cn1. The molecule has 0 fully saturated rings. The Morgan fingerprint density at radius 2 is 2.17 bits per heavy atom. The third kappa shape index (κ3) is 3.56. The second-order valence-corrected chi connectivity index (χ2v) is 4.03. The molecule has 2 aromatic heterocycles. The summed E-state index contributed by atoms with van der Waals surface area (Å²) in [6.45, 7) is 4.27. The number of rotatable bonds is 6. The van der Waals surface area contributed by atoms with Gasteiger partial charge in [0.25, 0.3) is 0 Å². The van der Waals surface area contributed by atoms with E-state index in [0.29, 0.717) is 6.61 Å². The van der Waals surface area contributed by atoms with Crippen molar-refractivity contribution in [3.63, 3.8) is 0 Å². The summed E-state index contributed by atoms with van der Waals surface area (Å²) in [5, 5.41) is 7.47. The Morgan fingerprint density at radius 3 is 2.78 bits per heavy atom. The van der Waals surface area contributed by atoms with E-state index in [1.807, 2.05) is 31.4 Å². The average Bonchev–Trinajstić information content (AvgIpc) is 2.81. The van der Waals surface area contributed by atoms with Crippen LogP contribution < -0.4 is 10.1 Å². The van der Waals surface area contributed by atoms with E-state index >= 15 is 0 Å². The van der Waals surface area contributed by atoms with Crippen molar-refractivity contribution < 1.29 is 4.74 Å². The second kappa shape index (κ2) is 6.16. The molecule has 0 aromatic carbocycles. The molecule has 0 unspecified atom stereocenters. The molecule has 1 N–H and O–H groups in total. The highest BCUT2D eigenvalue weighted by Crippen LogP contribution is 2.11. The van der Waals surface area contributed by atoms with E-state index in [1.54, 1.807) is 10.9 Å². The highest BCUT2D eigenvalue weighted by atomic mass is 16.5. The van der Waals surface area contributed by atoms with Gasteiger partial charge in [0.2, 0.25) is 0 Å². The van der Waals surface area contributed by atoms with Crippen molar-refractivity contribution in [3.05, 3.63) is 42.0 Å². The lowest BCUT2D eigenvalue weighted by atomic mass is 10.3. The normalized spacial score (nSPS) is 10.6. The molecule has 0 bridgehead atoms. The molecule has 5 heteroatoms. The maximum absolute atomic E-state index is 5.61. The van der Waals surface area contributed by atoms with Crippen molar-refractivity contribution in [2.24, 2.45) is 7.05 Å². The molecule has 0 aliphatic heterocycles. The molecule has 5 nitrogen and oxygen atoms in total. The maximum Gasteiger partial charge on any atom is 0.138 e. The van der Waals surface area contributed by atoms with E-state index < -0.39 is 0 Å². The van der Waals surface area contributed by atoms with Gasteiger partial charge in [-0.3, -0.25) is 9.67 Å². The molecule has 0 spiro atoms. The number of aryl methyl sites for hydroxylation is 1. The predicted molar refractivity (Wildman–Crippen MR) is 69.2 cm³/mol. The number of nitrogens with one attached hydrogen (secondary N) is 1. The minimum absolute atomic E-state index is 0.467. The van der Waals surface area contributed by atoms with Gasteiger partial charge in [0.15, 0.2) is 0 Å².